The summed E-state index contributed by atoms with van der Waals surface area (Å²) in [6, 6.07) is 16.1. The fourth-order valence-corrected chi connectivity index (χ4v) is 1.94. The smallest absolute Gasteiger partial charge is 0.118 e. The second-order valence-electron chi connectivity index (χ2n) is 4.69. The van der Waals surface area contributed by atoms with Gasteiger partial charge in [0.05, 0.1) is 0 Å². The second kappa shape index (κ2) is 5.58. The first-order valence-corrected chi connectivity index (χ1v) is 6.25. The van der Waals surface area contributed by atoms with Crippen LogP contribution < -0.4 is 5.32 Å². The lowest BCUT2D eigenvalue weighted by Gasteiger charge is -2.14. The highest BCUT2D eigenvalue weighted by Crippen LogP contribution is 2.21. The van der Waals surface area contributed by atoms with Crippen LogP contribution in [-0.4, -0.2) is 11.7 Å². The van der Waals surface area contributed by atoms with E-state index >= 15 is 0 Å². The SMILES string of the molecule is Cc1cc(NCC(C)c2ccccc2)ccc1O. The molecule has 1 atom stereocenters. The summed E-state index contributed by atoms with van der Waals surface area (Å²) in [6.07, 6.45) is 0. The van der Waals surface area contributed by atoms with Crippen LogP contribution in [0.3, 0.4) is 0 Å². The Balaban J connectivity index is 1.97. The zero-order valence-electron chi connectivity index (χ0n) is 10.9. The molecule has 0 spiro atoms. The average Bonchev–Trinajstić information content (AvgIpc) is 2.41. The minimum atomic E-state index is 0.344. The molecule has 0 heterocycles. The van der Waals surface area contributed by atoms with Gasteiger partial charge in [0.25, 0.3) is 0 Å². The van der Waals surface area contributed by atoms with Crippen molar-refractivity contribution in [1.82, 2.24) is 0 Å². The summed E-state index contributed by atoms with van der Waals surface area (Å²) in [5.74, 6) is 0.803. The lowest BCUT2D eigenvalue weighted by Crippen LogP contribution is -2.09. The van der Waals surface area contributed by atoms with Gasteiger partial charge in [-0.25, -0.2) is 0 Å². The van der Waals surface area contributed by atoms with Crippen LogP contribution in [0.1, 0.15) is 24.0 Å². The molecule has 0 aliphatic rings. The highest BCUT2D eigenvalue weighted by molar-refractivity contribution is 5.50. The Bertz CT molecular complexity index is 508. The van der Waals surface area contributed by atoms with Gasteiger partial charge in [0, 0.05) is 12.2 Å². The van der Waals surface area contributed by atoms with Gasteiger partial charge in [0.2, 0.25) is 0 Å². The van der Waals surface area contributed by atoms with E-state index < -0.39 is 0 Å². The van der Waals surface area contributed by atoms with E-state index in [4.69, 9.17) is 0 Å². The van der Waals surface area contributed by atoms with Crippen molar-refractivity contribution in [3.63, 3.8) is 0 Å². The third-order valence-corrected chi connectivity index (χ3v) is 3.18. The molecule has 0 aromatic heterocycles. The van der Waals surface area contributed by atoms with Crippen LogP contribution >= 0.6 is 0 Å². The summed E-state index contributed by atoms with van der Waals surface area (Å²) in [7, 11) is 0. The Morgan fingerprint density at radius 3 is 2.50 bits per heavy atom. The van der Waals surface area contributed by atoms with E-state index in [-0.39, 0.29) is 0 Å². The summed E-state index contributed by atoms with van der Waals surface area (Å²) < 4.78 is 0. The zero-order chi connectivity index (χ0) is 13.0. The van der Waals surface area contributed by atoms with Crippen LogP contribution in [-0.2, 0) is 0 Å². The number of benzene rings is 2. The van der Waals surface area contributed by atoms with Crippen molar-refractivity contribution in [2.75, 3.05) is 11.9 Å². The first-order chi connectivity index (χ1) is 8.66. The number of hydrogen-bond donors (Lipinski definition) is 2. The molecule has 2 nitrogen and oxygen atoms in total. The Hall–Kier alpha value is -1.96. The maximum atomic E-state index is 9.47. The van der Waals surface area contributed by atoms with Crippen LogP contribution in [0.25, 0.3) is 0 Å². The number of phenols is 1. The Labute approximate surface area is 108 Å². The molecule has 2 aromatic rings. The van der Waals surface area contributed by atoms with Gasteiger partial charge in [0.1, 0.15) is 5.75 Å². The van der Waals surface area contributed by atoms with Crippen LogP contribution in [0.15, 0.2) is 48.5 Å². The van der Waals surface area contributed by atoms with E-state index in [0.29, 0.717) is 11.7 Å². The first kappa shape index (κ1) is 12.5. The van der Waals surface area contributed by atoms with E-state index in [1.165, 1.54) is 5.56 Å². The molecule has 0 saturated heterocycles. The Kier molecular flexibility index (Phi) is 3.88. The largest absolute Gasteiger partial charge is 0.508 e. The third-order valence-electron chi connectivity index (χ3n) is 3.18. The Morgan fingerprint density at radius 1 is 1.11 bits per heavy atom. The molecule has 0 saturated carbocycles. The lowest BCUT2D eigenvalue weighted by molar-refractivity contribution is 0.471. The molecule has 0 radical (unpaired) electrons. The predicted molar refractivity (Wildman–Crippen MR) is 76.2 cm³/mol. The molecule has 18 heavy (non-hydrogen) atoms. The van der Waals surface area contributed by atoms with E-state index in [9.17, 15) is 5.11 Å². The predicted octanol–water partition coefficient (Wildman–Crippen LogP) is 3.92. The van der Waals surface area contributed by atoms with Crippen LogP contribution in [0.4, 0.5) is 5.69 Å². The summed E-state index contributed by atoms with van der Waals surface area (Å²) in [6.45, 7) is 4.99. The Morgan fingerprint density at radius 2 is 1.83 bits per heavy atom. The minimum absolute atomic E-state index is 0.344. The zero-order valence-corrected chi connectivity index (χ0v) is 10.9. The first-order valence-electron chi connectivity index (χ1n) is 6.25. The maximum absolute atomic E-state index is 9.47. The van der Waals surface area contributed by atoms with E-state index in [2.05, 4.69) is 36.5 Å². The fourth-order valence-electron chi connectivity index (χ4n) is 1.94. The van der Waals surface area contributed by atoms with Crippen molar-refractivity contribution in [1.29, 1.82) is 0 Å². The summed E-state index contributed by atoms with van der Waals surface area (Å²) in [4.78, 5) is 0. The van der Waals surface area contributed by atoms with Gasteiger partial charge < -0.3 is 10.4 Å². The molecule has 2 heteroatoms. The van der Waals surface area contributed by atoms with Gasteiger partial charge in [-0.3, -0.25) is 0 Å². The van der Waals surface area contributed by atoms with Crippen molar-refractivity contribution < 1.29 is 5.11 Å². The van der Waals surface area contributed by atoms with Gasteiger partial charge in [-0.1, -0.05) is 37.3 Å². The van der Waals surface area contributed by atoms with Crippen molar-refractivity contribution >= 4 is 5.69 Å². The molecule has 0 aliphatic carbocycles. The lowest BCUT2D eigenvalue weighted by atomic mass is 10.0. The van der Waals surface area contributed by atoms with Crippen molar-refractivity contribution in [3.05, 3.63) is 59.7 Å². The van der Waals surface area contributed by atoms with E-state index in [1.807, 2.05) is 25.1 Å². The quantitative estimate of drug-likeness (QED) is 0.795. The molecular weight excluding hydrogens is 222 g/mol. The molecule has 2 N–H and O–H groups in total. The number of aromatic hydroxyl groups is 1. The van der Waals surface area contributed by atoms with Crippen molar-refractivity contribution in [2.24, 2.45) is 0 Å². The van der Waals surface area contributed by atoms with E-state index in [1.54, 1.807) is 6.07 Å². The topological polar surface area (TPSA) is 32.3 Å². The summed E-state index contributed by atoms with van der Waals surface area (Å²) in [5, 5.41) is 12.9. The summed E-state index contributed by atoms with van der Waals surface area (Å²) in [5.41, 5.74) is 3.28. The fraction of sp³-hybridized carbons (Fsp3) is 0.250. The van der Waals surface area contributed by atoms with Gasteiger partial charge in [-0.15, -0.1) is 0 Å². The van der Waals surface area contributed by atoms with Crippen LogP contribution in [0.5, 0.6) is 5.75 Å². The highest BCUT2D eigenvalue weighted by atomic mass is 16.3. The molecule has 2 rings (SSSR count). The number of rotatable bonds is 4. The molecule has 2 aromatic carbocycles. The molecular formula is C16H19NO. The molecule has 1 unspecified atom stereocenters. The highest BCUT2D eigenvalue weighted by Gasteiger charge is 2.05. The van der Waals surface area contributed by atoms with Crippen molar-refractivity contribution in [2.45, 2.75) is 19.8 Å². The standard InChI is InChI=1S/C16H19NO/c1-12-10-15(8-9-16(12)18)17-11-13(2)14-6-4-3-5-7-14/h3-10,13,17-18H,11H2,1-2H3. The molecule has 0 aliphatic heterocycles. The number of hydrogen-bond acceptors (Lipinski definition) is 2. The number of anilines is 1. The second-order valence-corrected chi connectivity index (χ2v) is 4.69. The minimum Gasteiger partial charge on any atom is -0.508 e. The van der Waals surface area contributed by atoms with Crippen LogP contribution in [0.2, 0.25) is 0 Å². The monoisotopic (exact) mass is 241 g/mol. The summed E-state index contributed by atoms with van der Waals surface area (Å²) >= 11 is 0. The van der Waals surface area contributed by atoms with Gasteiger partial charge in [0.15, 0.2) is 0 Å². The molecule has 0 amide bonds. The molecule has 0 fully saturated rings. The molecule has 94 valence electrons. The van der Waals surface area contributed by atoms with Gasteiger partial charge in [-0.05, 0) is 42.2 Å². The normalized spacial score (nSPS) is 12.1. The van der Waals surface area contributed by atoms with E-state index in [0.717, 1.165) is 17.8 Å². The maximum Gasteiger partial charge on any atom is 0.118 e. The number of phenolic OH excluding ortho intramolecular Hbond substituents is 1. The van der Waals surface area contributed by atoms with Gasteiger partial charge >= 0.3 is 0 Å². The van der Waals surface area contributed by atoms with Gasteiger partial charge in [-0.2, -0.15) is 0 Å². The molecule has 0 bridgehead atoms. The van der Waals surface area contributed by atoms with Crippen LogP contribution in [0, 0.1) is 6.92 Å². The third kappa shape index (κ3) is 3.04. The number of aryl methyl sites for hydroxylation is 1. The number of nitrogens with one attached hydrogen (secondary N) is 1. The van der Waals surface area contributed by atoms with Crippen molar-refractivity contribution in [3.8, 4) is 5.75 Å². The average molecular weight is 241 g/mol.